The molecule has 3 heterocycles. The van der Waals surface area contributed by atoms with Crippen LogP contribution in [0.25, 0.3) is 22.6 Å². The summed E-state index contributed by atoms with van der Waals surface area (Å²) in [6.07, 6.45) is 2.07. The molecule has 0 saturated carbocycles. The SMILES string of the molecule is CCc1nnc(-c2cc3c(OC[C@@H](O)CN4CCC(c5ccc(Cl)c(Cl)c5)CC4)cccc3o2)o1.Cl.O. The summed E-state index contributed by atoms with van der Waals surface area (Å²) in [6.45, 7) is 4.51. The monoisotopic (exact) mass is 569 g/mol. The summed E-state index contributed by atoms with van der Waals surface area (Å²) in [6, 6.07) is 13.3. The molecule has 0 aliphatic carbocycles. The van der Waals surface area contributed by atoms with E-state index in [9.17, 15) is 5.11 Å². The van der Waals surface area contributed by atoms with Crippen LogP contribution in [0.4, 0.5) is 0 Å². The maximum Gasteiger partial charge on any atom is 0.283 e. The lowest BCUT2D eigenvalue weighted by molar-refractivity contribution is 0.0599. The van der Waals surface area contributed by atoms with Crippen LogP contribution < -0.4 is 4.74 Å². The Balaban J connectivity index is 0.00000190. The molecule has 4 aromatic rings. The third kappa shape index (κ3) is 6.76. The van der Waals surface area contributed by atoms with E-state index in [1.165, 1.54) is 5.56 Å². The minimum absolute atomic E-state index is 0. The van der Waals surface area contributed by atoms with Gasteiger partial charge in [-0.05, 0) is 61.7 Å². The van der Waals surface area contributed by atoms with Gasteiger partial charge in [0.1, 0.15) is 24.0 Å². The van der Waals surface area contributed by atoms with Crippen LogP contribution in [0.5, 0.6) is 5.75 Å². The molecule has 37 heavy (non-hydrogen) atoms. The number of aliphatic hydroxyl groups is 1. The lowest BCUT2D eigenvalue weighted by atomic mass is 9.89. The molecule has 0 bridgehead atoms. The van der Waals surface area contributed by atoms with Gasteiger partial charge in [0.05, 0.1) is 15.4 Å². The molecule has 1 fully saturated rings. The van der Waals surface area contributed by atoms with Crippen LogP contribution in [0.15, 0.2) is 51.3 Å². The number of likely N-dealkylation sites (tertiary alicyclic amines) is 1. The molecule has 3 N–H and O–H groups in total. The van der Waals surface area contributed by atoms with Crippen molar-refractivity contribution in [3.63, 3.8) is 0 Å². The molecule has 11 heteroatoms. The quantitative estimate of drug-likeness (QED) is 0.294. The Morgan fingerprint density at radius 2 is 1.86 bits per heavy atom. The predicted molar refractivity (Wildman–Crippen MR) is 146 cm³/mol. The average Bonchev–Trinajstić information content (AvgIpc) is 3.52. The molecule has 200 valence electrons. The first-order chi connectivity index (χ1) is 17.0. The Kier molecular flexibility index (Phi) is 10.2. The van der Waals surface area contributed by atoms with E-state index < -0.39 is 6.10 Å². The number of rotatable bonds is 8. The summed E-state index contributed by atoms with van der Waals surface area (Å²) in [7, 11) is 0. The number of benzene rings is 2. The molecular weight excluding hydrogens is 541 g/mol. The second-order valence-corrected chi connectivity index (χ2v) is 9.66. The summed E-state index contributed by atoms with van der Waals surface area (Å²) in [5.74, 6) is 2.49. The van der Waals surface area contributed by atoms with Gasteiger partial charge in [0.25, 0.3) is 5.89 Å². The zero-order valence-electron chi connectivity index (χ0n) is 20.3. The molecule has 2 aromatic carbocycles. The number of aromatic nitrogens is 2. The van der Waals surface area contributed by atoms with Gasteiger partial charge in [0, 0.05) is 19.0 Å². The van der Waals surface area contributed by atoms with E-state index >= 15 is 0 Å². The van der Waals surface area contributed by atoms with Gasteiger partial charge in [-0.2, -0.15) is 0 Å². The van der Waals surface area contributed by atoms with Crippen molar-refractivity contribution in [1.29, 1.82) is 0 Å². The molecule has 0 radical (unpaired) electrons. The Hall–Kier alpha value is -2.33. The molecule has 1 saturated heterocycles. The van der Waals surface area contributed by atoms with Crippen LogP contribution in [-0.4, -0.2) is 58.0 Å². The Morgan fingerprint density at radius 3 is 2.57 bits per heavy atom. The molecule has 1 atom stereocenters. The lowest BCUT2D eigenvalue weighted by Crippen LogP contribution is -2.40. The highest BCUT2D eigenvalue weighted by Crippen LogP contribution is 2.34. The van der Waals surface area contributed by atoms with E-state index in [2.05, 4.69) is 21.2 Å². The highest BCUT2D eigenvalue weighted by Gasteiger charge is 2.23. The van der Waals surface area contributed by atoms with Crippen molar-refractivity contribution in [2.24, 2.45) is 0 Å². The molecule has 8 nitrogen and oxygen atoms in total. The first kappa shape index (κ1) is 29.2. The zero-order valence-corrected chi connectivity index (χ0v) is 22.7. The number of fused-ring (bicyclic) bond motifs is 1. The smallest absolute Gasteiger partial charge is 0.283 e. The normalized spacial score (nSPS) is 15.2. The van der Waals surface area contributed by atoms with Crippen molar-refractivity contribution in [2.75, 3.05) is 26.2 Å². The number of aliphatic hydroxyl groups excluding tert-OH is 1. The summed E-state index contributed by atoms with van der Waals surface area (Å²) in [4.78, 5) is 2.28. The molecule has 0 spiro atoms. The number of furan rings is 1. The van der Waals surface area contributed by atoms with Crippen LogP contribution in [0.2, 0.25) is 10.0 Å². The van der Waals surface area contributed by atoms with Gasteiger partial charge in [-0.1, -0.05) is 42.3 Å². The molecule has 1 aliphatic heterocycles. The van der Waals surface area contributed by atoms with Crippen molar-refractivity contribution in [3.05, 3.63) is 64.0 Å². The van der Waals surface area contributed by atoms with Gasteiger partial charge in [-0.3, -0.25) is 0 Å². The number of hydrogen-bond acceptors (Lipinski definition) is 7. The first-order valence-electron chi connectivity index (χ1n) is 11.8. The zero-order chi connectivity index (χ0) is 24.4. The van der Waals surface area contributed by atoms with Crippen LogP contribution in [-0.2, 0) is 6.42 Å². The van der Waals surface area contributed by atoms with Gasteiger partial charge >= 0.3 is 0 Å². The Morgan fingerprint density at radius 1 is 1.08 bits per heavy atom. The first-order valence-corrected chi connectivity index (χ1v) is 12.6. The number of piperidine rings is 1. The average molecular weight is 571 g/mol. The van der Waals surface area contributed by atoms with E-state index in [1.54, 1.807) is 0 Å². The van der Waals surface area contributed by atoms with Crippen LogP contribution in [0.3, 0.4) is 0 Å². The fourth-order valence-electron chi connectivity index (χ4n) is 4.51. The summed E-state index contributed by atoms with van der Waals surface area (Å²) >= 11 is 12.2. The van der Waals surface area contributed by atoms with Crippen LogP contribution >= 0.6 is 35.6 Å². The highest BCUT2D eigenvalue weighted by molar-refractivity contribution is 6.42. The summed E-state index contributed by atoms with van der Waals surface area (Å²) < 4.78 is 17.5. The summed E-state index contributed by atoms with van der Waals surface area (Å²) in [5, 5.41) is 20.7. The lowest BCUT2D eigenvalue weighted by Gasteiger charge is -2.33. The molecular formula is C26H30Cl3N3O5. The molecule has 2 aromatic heterocycles. The van der Waals surface area contributed by atoms with Crippen LogP contribution in [0.1, 0.15) is 37.1 Å². The molecule has 0 amide bonds. The van der Waals surface area contributed by atoms with Crippen molar-refractivity contribution >= 4 is 46.6 Å². The van der Waals surface area contributed by atoms with Gasteiger partial charge in [0.15, 0.2) is 5.76 Å². The third-order valence-corrected chi connectivity index (χ3v) is 7.14. The second-order valence-electron chi connectivity index (χ2n) is 8.85. The predicted octanol–water partition coefficient (Wildman–Crippen LogP) is 5.57. The largest absolute Gasteiger partial charge is 0.490 e. The minimum atomic E-state index is -0.610. The number of aryl methyl sites for hydroxylation is 1. The second kappa shape index (κ2) is 13.0. The minimum Gasteiger partial charge on any atom is -0.490 e. The fraction of sp³-hybridized carbons (Fsp3) is 0.385. The van der Waals surface area contributed by atoms with Gasteiger partial charge in [-0.25, -0.2) is 0 Å². The van der Waals surface area contributed by atoms with Crippen molar-refractivity contribution in [3.8, 4) is 17.4 Å². The Labute approximate surface area is 231 Å². The van der Waals surface area contributed by atoms with E-state index in [4.69, 9.17) is 36.8 Å². The van der Waals surface area contributed by atoms with E-state index in [0.29, 0.717) is 57.8 Å². The number of ether oxygens (including phenoxy) is 1. The van der Waals surface area contributed by atoms with Crippen molar-refractivity contribution < 1.29 is 24.2 Å². The van der Waals surface area contributed by atoms with Gasteiger partial charge < -0.3 is 29.1 Å². The standard InChI is InChI=1S/C26H27Cl2N3O4.ClH.H2O/c1-2-25-29-30-26(35-25)24-13-19-22(4-3-5-23(19)34-24)33-15-18(32)14-31-10-8-16(9-11-31)17-6-7-20(27)21(28)12-17;;/h3-7,12-13,16,18,32H,2,8-11,14-15H2,1H3;1H;1H2/t18-;;/m0../s1. The van der Waals surface area contributed by atoms with E-state index in [0.717, 1.165) is 31.3 Å². The van der Waals surface area contributed by atoms with Crippen molar-refractivity contribution in [1.82, 2.24) is 15.1 Å². The third-order valence-electron chi connectivity index (χ3n) is 6.40. The number of halogens is 3. The highest BCUT2D eigenvalue weighted by atomic mass is 35.5. The van der Waals surface area contributed by atoms with Crippen LogP contribution in [0, 0.1) is 0 Å². The molecule has 5 rings (SSSR count). The van der Waals surface area contributed by atoms with Gasteiger partial charge in [0.2, 0.25) is 5.89 Å². The number of hydrogen-bond donors (Lipinski definition) is 1. The van der Waals surface area contributed by atoms with E-state index in [1.807, 2.05) is 43.3 Å². The van der Waals surface area contributed by atoms with E-state index in [-0.39, 0.29) is 24.5 Å². The topological polar surface area (TPSA) is 116 Å². The van der Waals surface area contributed by atoms with Gasteiger partial charge in [-0.15, -0.1) is 22.6 Å². The Bertz CT molecular complexity index is 1300. The number of β-amino-alcohol motifs (C(OH)–C–C–N with tert-alkyl or cyclic N) is 1. The summed E-state index contributed by atoms with van der Waals surface area (Å²) in [5.41, 5.74) is 1.88. The fourth-order valence-corrected chi connectivity index (χ4v) is 4.82. The maximum absolute atomic E-state index is 10.6. The number of nitrogens with zero attached hydrogens (tertiary/aromatic N) is 3. The molecule has 1 aliphatic rings. The van der Waals surface area contributed by atoms with Crippen molar-refractivity contribution in [2.45, 2.75) is 38.2 Å². The maximum atomic E-state index is 10.6. The molecule has 0 unspecified atom stereocenters.